The van der Waals surface area contributed by atoms with E-state index in [2.05, 4.69) is 31.0 Å². The minimum atomic E-state index is -0.594. The lowest BCUT2D eigenvalue weighted by molar-refractivity contribution is -0.151. The van der Waals surface area contributed by atoms with Gasteiger partial charge >= 0.3 is 5.97 Å². The minimum Gasteiger partial charge on any atom is -0.465 e. The molecular weight excluding hydrogens is 252 g/mol. The van der Waals surface area contributed by atoms with Crippen LogP contribution in [0.5, 0.6) is 0 Å². The zero-order valence-corrected chi connectivity index (χ0v) is 14.1. The molecule has 118 valence electrons. The number of likely N-dealkylation sites (tertiary alicyclic amines) is 1. The van der Waals surface area contributed by atoms with Crippen LogP contribution in [-0.2, 0) is 9.53 Å². The molecule has 1 N–H and O–H groups in total. The molecule has 0 bridgehead atoms. The Morgan fingerprint density at radius 3 is 2.55 bits per heavy atom. The first-order chi connectivity index (χ1) is 9.27. The summed E-state index contributed by atoms with van der Waals surface area (Å²) in [6.07, 6.45) is 3.26. The van der Waals surface area contributed by atoms with E-state index in [0.29, 0.717) is 12.6 Å². The van der Waals surface area contributed by atoms with Gasteiger partial charge in [0.2, 0.25) is 0 Å². The number of rotatable bonds is 7. The molecular formula is C16H32N2O2. The van der Waals surface area contributed by atoms with Crippen LogP contribution in [0.1, 0.15) is 60.8 Å². The van der Waals surface area contributed by atoms with Gasteiger partial charge in [-0.2, -0.15) is 0 Å². The van der Waals surface area contributed by atoms with Gasteiger partial charge in [-0.1, -0.05) is 6.92 Å². The second kappa shape index (κ2) is 6.90. The highest BCUT2D eigenvalue weighted by Gasteiger charge is 2.41. The van der Waals surface area contributed by atoms with Crippen LogP contribution in [0.4, 0.5) is 0 Å². The third-order valence-electron chi connectivity index (χ3n) is 4.49. The lowest BCUT2D eigenvalue weighted by atomic mass is 9.91. The van der Waals surface area contributed by atoms with Gasteiger partial charge in [0.1, 0.15) is 5.54 Å². The highest BCUT2D eigenvalue weighted by Crippen LogP contribution is 2.32. The minimum absolute atomic E-state index is 0.134. The van der Waals surface area contributed by atoms with E-state index >= 15 is 0 Å². The van der Waals surface area contributed by atoms with Crippen LogP contribution >= 0.6 is 0 Å². The maximum Gasteiger partial charge on any atom is 0.326 e. The topological polar surface area (TPSA) is 41.6 Å². The van der Waals surface area contributed by atoms with E-state index in [0.717, 1.165) is 19.5 Å². The molecule has 0 aliphatic carbocycles. The van der Waals surface area contributed by atoms with Gasteiger partial charge in [0.25, 0.3) is 0 Å². The first kappa shape index (κ1) is 17.4. The van der Waals surface area contributed by atoms with E-state index in [-0.39, 0.29) is 11.5 Å². The molecule has 1 aliphatic rings. The highest BCUT2D eigenvalue weighted by atomic mass is 16.5. The molecule has 1 rings (SSSR count). The van der Waals surface area contributed by atoms with Crippen molar-refractivity contribution in [1.82, 2.24) is 10.2 Å². The summed E-state index contributed by atoms with van der Waals surface area (Å²) in [5.74, 6) is -0.134. The SMILES string of the molecule is CCNC(C)(CC(C)N1CCCC1(C)C)C(=O)OCC. The summed E-state index contributed by atoms with van der Waals surface area (Å²) in [5, 5.41) is 3.32. The van der Waals surface area contributed by atoms with Gasteiger partial charge in [-0.25, -0.2) is 0 Å². The first-order valence-electron chi connectivity index (χ1n) is 7.96. The van der Waals surface area contributed by atoms with Crippen molar-refractivity contribution < 1.29 is 9.53 Å². The summed E-state index contributed by atoms with van der Waals surface area (Å²) >= 11 is 0. The molecule has 4 heteroatoms. The van der Waals surface area contributed by atoms with Gasteiger partial charge in [0.15, 0.2) is 0 Å². The zero-order valence-electron chi connectivity index (χ0n) is 14.1. The highest BCUT2D eigenvalue weighted by molar-refractivity contribution is 5.80. The fourth-order valence-corrected chi connectivity index (χ4v) is 3.55. The molecule has 1 heterocycles. The number of nitrogens with one attached hydrogen (secondary N) is 1. The standard InChI is InChI=1S/C16H32N2O2/c1-7-17-16(6,14(19)20-8-2)12-13(3)18-11-9-10-15(18,4)5/h13,17H,7-12H2,1-6H3. The molecule has 1 fully saturated rings. The molecule has 1 aliphatic heterocycles. The molecule has 0 spiro atoms. The van der Waals surface area contributed by atoms with Crippen molar-refractivity contribution >= 4 is 5.97 Å². The quantitative estimate of drug-likeness (QED) is 0.730. The third kappa shape index (κ3) is 3.95. The predicted molar refractivity (Wildman–Crippen MR) is 82.8 cm³/mol. The predicted octanol–water partition coefficient (Wildman–Crippen LogP) is 2.57. The monoisotopic (exact) mass is 284 g/mol. The molecule has 4 nitrogen and oxygen atoms in total. The van der Waals surface area contributed by atoms with Gasteiger partial charge in [-0.15, -0.1) is 0 Å². The molecule has 0 aromatic carbocycles. The van der Waals surface area contributed by atoms with Crippen LogP contribution in [0.25, 0.3) is 0 Å². The van der Waals surface area contributed by atoms with Gasteiger partial charge in [0.05, 0.1) is 6.61 Å². The molecule has 2 atom stereocenters. The Labute approximate surface area is 124 Å². The number of ether oxygens (including phenoxy) is 1. The average molecular weight is 284 g/mol. The maximum absolute atomic E-state index is 12.3. The largest absolute Gasteiger partial charge is 0.465 e. The fourth-order valence-electron chi connectivity index (χ4n) is 3.55. The second-order valence-electron chi connectivity index (χ2n) is 6.75. The van der Waals surface area contributed by atoms with Crippen LogP contribution in [0.2, 0.25) is 0 Å². The van der Waals surface area contributed by atoms with Crippen molar-refractivity contribution in [1.29, 1.82) is 0 Å². The molecule has 0 radical (unpaired) electrons. The van der Waals surface area contributed by atoms with E-state index in [4.69, 9.17) is 4.74 Å². The lowest BCUT2D eigenvalue weighted by Crippen LogP contribution is -2.55. The number of likely N-dealkylation sites (N-methyl/N-ethyl adjacent to an activating group) is 1. The smallest absolute Gasteiger partial charge is 0.326 e. The molecule has 0 aromatic rings. The fraction of sp³-hybridized carbons (Fsp3) is 0.938. The number of hydrogen-bond donors (Lipinski definition) is 1. The van der Waals surface area contributed by atoms with Crippen molar-refractivity contribution in [2.75, 3.05) is 19.7 Å². The van der Waals surface area contributed by atoms with E-state index in [1.54, 1.807) is 0 Å². The summed E-state index contributed by atoms with van der Waals surface area (Å²) in [5.41, 5.74) is -0.357. The van der Waals surface area contributed by atoms with Crippen LogP contribution < -0.4 is 5.32 Å². The Morgan fingerprint density at radius 2 is 2.10 bits per heavy atom. The van der Waals surface area contributed by atoms with Crippen LogP contribution in [0.3, 0.4) is 0 Å². The van der Waals surface area contributed by atoms with Crippen molar-refractivity contribution in [3.8, 4) is 0 Å². The summed E-state index contributed by atoms with van der Waals surface area (Å²) in [6, 6.07) is 0.362. The summed E-state index contributed by atoms with van der Waals surface area (Å²) in [7, 11) is 0. The molecule has 0 aromatic heterocycles. The van der Waals surface area contributed by atoms with Gasteiger partial charge in [-0.3, -0.25) is 9.69 Å². The van der Waals surface area contributed by atoms with Crippen LogP contribution in [0.15, 0.2) is 0 Å². The Balaban J connectivity index is 2.77. The average Bonchev–Trinajstić information content (AvgIpc) is 2.69. The second-order valence-corrected chi connectivity index (χ2v) is 6.75. The van der Waals surface area contributed by atoms with Crippen molar-refractivity contribution in [3.05, 3.63) is 0 Å². The molecule has 1 saturated heterocycles. The molecule has 2 unspecified atom stereocenters. The summed E-state index contributed by atoms with van der Waals surface area (Å²) in [4.78, 5) is 14.8. The Kier molecular flexibility index (Phi) is 6.02. The van der Waals surface area contributed by atoms with Crippen molar-refractivity contribution in [3.63, 3.8) is 0 Å². The number of carbonyl (C=O) groups is 1. The van der Waals surface area contributed by atoms with E-state index in [1.165, 1.54) is 12.8 Å². The number of esters is 1. The molecule has 0 saturated carbocycles. The van der Waals surface area contributed by atoms with Crippen LogP contribution in [0, 0.1) is 0 Å². The summed E-state index contributed by atoms with van der Waals surface area (Å²) < 4.78 is 5.26. The van der Waals surface area contributed by atoms with Crippen molar-refractivity contribution in [2.45, 2.75) is 77.9 Å². The Morgan fingerprint density at radius 1 is 1.45 bits per heavy atom. The van der Waals surface area contributed by atoms with E-state index in [1.807, 2.05) is 20.8 Å². The van der Waals surface area contributed by atoms with Gasteiger partial charge in [-0.05, 0) is 67.0 Å². The third-order valence-corrected chi connectivity index (χ3v) is 4.49. The zero-order chi connectivity index (χ0) is 15.4. The molecule has 0 amide bonds. The van der Waals surface area contributed by atoms with Gasteiger partial charge in [0, 0.05) is 11.6 Å². The number of carbonyl (C=O) groups excluding carboxylic acids is 1. The maximum atomic E-state index is 12.3. The molecule has 20 heavy (non-hydrogen) atoms. The Bertz CT molecular complexity index is 330. The number of hydrogen-bond acceptors (Lipinski definition) is 4. The normalized spacial score (nSPS) is 23.3. The first-order valence-corrected chi connectivity index (χ1v) is 7.96. The van der Waals surface area contributed by atoms with Crippen molar-refractivity contribution in [2.24, 2.45) is 0 Å². The van der Waals surface area contributed by atoms with Crippen LogP contribution in [-0.4, -0.2) is 47.7 Å². The summed E-state index contributed by atoms with van der Waals surface area (Å²) in [6.45, 7) is 15.0. The Hall–Kier alpha value is -0.610. The van der Waals surface area contributed by atoms with Gasteiger partial charge < -0.3 is 10.1 Å². The number of nitrogens with zero attached hydrogens (tertiary/aromatic N) is 1. The lowest BCUT2D eigenvalue weighted by Gasteiger charge is -2.40. The van der Waals surface area contributed by atoms with E-state index in [9.17, 15) is 4.79 Å². The van der Waals surface area contributed by atoms with E-state index < -0.39 is 5.54 Å².